The number of rotatable bonds is 4. The van der Waals surface area contributed by atoms with Crippen molar-refractivity contribution in [1.29, 1.82) is 0 Å². The molecule has 0 amide bonds. The molecule has 0 aromatic carbocycles. The molecule has 0 saturated carbocycles. The Bertz CT molecular complexity index is 348. The van der Waals surface area contributed by atoms with Crippen LogP contribution in [0.3, 0.4) is 0 Å². The first-order valence-corrected chi connectivity index (χ1v) is 4.83. The molecule has 1 aromatic heterocycles. The van der Waals surface area contributed by atoms with Crippen molar-refractivity contribution in [2.75, 3.05) is 27.7 Å². The Hall–Kier alpha value is -1.42. The van der Waals surface area contributed by atoms with Gasteiger partial charge in [0, 0.05) is 12.1 Å². The second kappa shape index (κ2) is 5.46. The third-order valence-corrected chi connectivity index (χ3v) is 1.91. The number of aryl methyl sites for hydroxylation is 1. The standard InChI is InChI=1S/C11H17N3O/c1-9-8-10(6-5-7-14(2)3)12-13-11(9)15-4/h5-6,8H,7H2,1-4H3/b6-5+. The fourth-order valence-electron chi connectivity index (χ4n) is 1.16. The highest BCUT2D eigenvalue weighted by atomic mass is 16.5. The van der Waals surface area contributed by atoms with Crippen molar-refractivity contribution in [3.05, 3.63) is 23.4 Å². The van der Waals surface area contributed by atoms with Crippen LogP contribution >= 0.6 is 0 Å². The summed E-state index contributed by atoms with van der Waals surface area (Å²) in [6, 6.07) is 1.96. The van der Waals surface area contributed by atoms with Crippen molar-refractivity contribution in [1.82, 2.24) is 15.1 Å². The molecule has 1 aromatic rings. The second-order valence-electron chi connectivity index (χ2n) is 3.63. The molecule has 0 fully saturated rings. The van der Waals surface area contributed by atoms with E-state index < -0.39 is 0 Å². The van der Waals surface area contributed by atoms with Gasteiger partial charge in [0.05, 0.1) is 12.8 Å². The third-order valence-electron chi connectivity index (χ3n) is 1.91. The highest BCUT2D eigenvalue weighted by molar-refractivity contribution is 5.46. The van der Waals surface area contributed by atoms with E-state index in [0.29, 0.717) is 5.88 Å². The summed E-state index contributed by atoms with van der Waals surface area (Å²) in [6.45, 7) is 2.85. The van der Waals surface area contributed by atoms with Crippen LogP contribution in [0.4, 0.5) is 0 Å². The van der Waals surface area contributed by atoms with Crippen LogP contribution in [0, 0.1) is 6.92 Å². The summed E-state index contributed by atoms with van der Waals surface area (Å²) in [5, 5.41) is 7.98. The monoisotopic (exact) mass is 207 g/mol. The van der Waals surface area contributed by atoms with E-state index in [1.807, 2.05) is 33.2 Å². The van der Waals surface area contributed by atoms with Gasteiger partial charge in [-0.05, 0) is 33.2 Å². The first-order chi connectivity index (χ1) is 7.13. The zero-order valence-electron chi connectivity index (χ0n) is 9.69. The van der Waals surface area contributed by atoms with Gasteiger partial charge >= 0.3 is 0 Å². The van der Waals surface area contributed by atoms with Crippen LogP contribution < -0.4 is 4.74 Å². The number of likely N-dealkylation sites (N-methyl/N-ethyl adjacent to an activating group) is 1. The first-order valence-electron chi connectivity index (χ1n) is 4.83. The fraction of sp³-hybridized carbons (Fsp3) is 0.455. The van der Waals surface area contributed by atoms with Crippen LogP contribution in [0.2, 0.25) is 0 Å². The van der Waals surface area contributed by atoms with E-state index in [-0.39, 0.29) is 0 Å². The Balaban J connectivity index is 2.71. The lowest BCUT2D eigenvalue weighted by Gasteiger charge is -2.04. The molecular formula is C11H17N3O. The van der Waals surface area contributed by atoms with E-state index in [4.69, 9.17) is 4.74 Å². The molecule has 0 aliphatic rings. The van der Waals surface area contributed by atoms with Crippen molar-refractivity contribution in [2.24, 2.45) is 0 Å². The summed E-state index contributed by atoms with van der Waals surface area (Å²) >= 11 is 0. The summed E-state index contributed by atoms with van der Waals surface area (Å²) in [4.78, 5) is 2.08. The molecular weight excluding hydrogens is 190 g/mol. The van der Waals surface area contributed by atoms with E-state index >= 15 is 0 Å². The average Bonchev–Trinajstić information content (AvgIpc) is 2.17. The number of methoxy groups -OCH3 is 1. The lowest BCUT2D eigenvalue weighted by Crippen LogP contribution is -2.10. The van der Waals surface area contributed by atoms with E-state index in [1.165, 1.54) is 0 Å². The SMILES string of the molecule is COc1nnc(/C=C/CN(C)C)cc1C. The van der Waals surface area contributed by atoms with Crippen molar-refractivity contribution in [2.45, 2.75) is 6.92 Å². The first kappa shape index (κ1) is 11.7. The molecule has 0 spiro atoms. The normalized spacial score (nSPS) is 11.3. The predicted molar refractivity (Wildman–Crippen MR) is 60.9 cm³/mol. The summed E-state index contributed by atoms with van der Waals surface area (Å²) in [5.41, 5.74) is 1.85. The summed E-state index contributed by atoms with van der Waals surface area (Å²) in [6.07, 6.45) is 4.01. The lowest BCUT2D eigenvalue weighted by atomic mass is 10.2. The van der Waals surface area contributed by atoms with Crippen LogP contribution in [0.5, 0.6) is 5.88 Å². The maximum absolute atomic E-state index is 5.04. The molecule has 0 radical (unpaired) electrons. The van der Waals surface area contributed by atoms with Gasteiger partial charge in [-0.1, -0.05) is 6.08 Å². The Labute approximate surface area is 90.6 Å². The minimum atomic E-state index is 0.583. The molecule has 0 aliphatic carbocycles. The molecule has 4 heteroatoms. The van der Waals surface area contributed by atoms with Gasteiger partial charge in [0.2, 0.25) is 5.88 Å². The Morgan fingerprint density at radius 3 is 2.67 bits per heavy atom. The molecule has 1 rings (SSSR count). The van der Waals surface area contributed by atoms with E-state index in [0.717, 1.165) is 17.8 Å². The molecule has 1 heterocycles. The summed E-state index contributed by atoms with van der Waals surface area (Å²) < 4.78 is 5.04. The predicted octanol–water partition coefficient (Wildman–Crippen LogP) is 1.37. The quantitative estimate of drug-likeness (QED) is 0.747. The molecule has 0 atom stereocenters. The molecule has 0 aliphatic heterocycles. The molecule has 15 heavy (non-hydrogen) atoms. The van der Waals surface area contributed by atoms with Gasteiger partial charge in [-0.15, -0.1) is 10.2 Å². The Morgan fingerprint density at radius 2 is 2.13 bits per heavy atom. The van der Waals surface area contributed by atoms with Crippen molar-refractivity contribution in [3.63, 3.8) is 0 Å². The Morgan fingerprint density at radius 1 is 1.40 bits per heavy atom. The van der Waals surface area contributed by atoms with Gasteiger partial charge < -0.3 is 9.64 Å². The molecule has 0 N–H and O–H groups in total. The number of ether oxygens (including phenoxy) is 1. The molecule has 0 bridgehead atoms. The van der Waals surface area contributed by atoms with E-state index in [1.54, 1.807) is 7.11 Å². The second-order valence-corrected chi connectivity index (χ2v) is 3.63. The van der Waals surface area contributed by atoms with Crippen molar-refractivity contribution >= 4 is 6.08 Å². The van der Waals surface area contributed by atoms with E-state index in [9.17, 15) is 0 Å². The highest BCUT2D eigenvalue weighted by Crippen LogP contribution is 2.12. The largest absolute Gasteiger partial charge is 0.480 e. The number of aromatic nitrogens is 2. The minimum Gasteiger partial charge on any atom is -0.480 e. The van der Waals surface area contributed by atoms with Crippen LogP contribution in [0.25, 0.3) is 6.08 Å². The number of nitrogens with zero attached hydrogens (tertiary/aromatic N) is 3. The molecule has 4 nitrogen and oxygen atoms in total. The smallest absolute Gasteiger partial charge is 0.236 e. The maximum atomic E-state index is 5.04. The van der Waals surface area contributed by atoms with Gasteiger partial charge in [0.25, 0.3) is 0 Å². The number of hydrogen-bond acceptors (Lipinski definition) is 4. The van der Waals surface area contributed by atoms with Gasteiger partial charge in [-0.3, -0.25) is 0 Å². The highest BCUT2D eigenvalue weighted by Gasteiger charge is 2.00. The summed E-state index contributed by atoms with van der Waals surface area (Å²) in [5.74, 6) is 0.583. The van der Waals surface area contributed by atoms with Gasteiger partial charge in [-0.2, -0.15) is 0 Å². The van der Waals surface area contributed by atoms with Gasteiger partial charge in [0.15, 0.2) is 0 Å². The fourth-order valence-corrected chi connectivity index (χ4v) is 1.16. The average molecular weight is 207 g/mol. The van der Waals surface area contributed by atoms with Crippen LogP contribution in [-0.2, 0) is 0 Å². The van der Waals surface area contributed by atoms with Crippen LogP contribution in [0.1, 0.15) is 11.3 Å². The molecule has 82 valence electrons. The third kappa shape index (κ3) is 3.67. The van der Waals surface area contributed by atoms with Gasteiger partial charge in [-0.25, -0.2) is 0 Å². The topological polar surface area (TPSA) is 38.3 Å². The maximum Gasteiger partial charge on any atom is 0.236 e. The van der Waals surface area contributed by atoms with Crippen molar-refractivity contribution in [3.8, 4) is 5.88 Å². The molecule has 0 saturated heterocycles. The zero-order valence-corrected chi connectivity index (χ0v) is 9.69. The van der Waals surface area contributed by atoms with Crippen LogP contribution in [-0.4, -0.2) is 42.8 Å². The summed E-state index contributed by atoms with van der Waals surface area (Å²) in [7, 11) is 5.64. The van der Waals surface area contributed by atoms with Gasteiger partial charge in [0.1, 0.15) is 0 Å². The molecule has 0 unspecified atom stereocenters. The zero-order chi connectivity index (χ0) is 11.3. The van der Waals surface area contributed by atoms with Crippen LogP contribution in [0.15, 0.2) is 12.1 Å². The minimum absolute atomic E-state index is 0.583. The Kier molecular flexibility index (Phi) is 4.24. The van der Waals surface area contributed by atoms with E-state index in [2.05, 4.69) is 21.2 Å². The lowest BCUT2D eigenvalue weighted by molar-refractivity contribution is 0.388. The number of hydrogen-bond donors (Lipinski definition) is 0. The van der Waals surface area contributed by atoms with Crippen molar-refractivity contribution < 1.29 is 4.74 Å².